The van der Waals surface area contributed by atoms with Gasteiger partial charge in [-0.1, -0.05) is 25.7 Å². The molecule has 0 aromatic rings. The van der Waals surface area contributed by atoms with Crippen LogP contribution in [-0.2, 0) is 9.53 Å². The van der Waals surface area contributed by atoms with Crippen molar-refractivity contribution in [1.82, 2.24) is 5.32 Å². The summed E-state index contributed by atoms with van der Waals surface area (Å²) in [6.07, 6.45) is 9.28. The van der Waals surface area contributed by atoms with Gasteiger partial charge in [-0.25, -0.2) is 0 Å². The van der Waals surface area contributed by atoms with Crippen LogP contribution < -0.4 is 11.1 Å². The quantitative estimate of drug-likeness (QED) is 0.551. The predicted molar refractivity (Wildman–Crippen MR) is 77.9 cm³/mol. The lowest BCUT2D eigenvalue weighted by molar-refractivity contribution is -0.123. The molecule has 0 radical (unpaired) electrons. The molecule has 0 aliphatic heterocycles. The molecule has 4 heteroatoms. The van der Waals surface area contributed by atoms with Crippen molar-refractivity contribution >= 4 is 5.91 Å². The van der Waals surface area contributed by atoms with Crippen LogP contribution >= 0.6 is 0 Å². The van der Waals surface area contributed by atoms with E-state index in [0.717, 1.165) is 6.42 Å². The summed E-state index contributed by atoms with van der Waals surface area (Å²) in [7, 11) is 1.67. The Bertz CT molecular complexity index is 251. The van der Waals surface area contributed by atoms with E-state index in [0.29, 0.717) is 18.9 Å². The first kappa shape index (κ1) is 16.4. The van der Waals surface area contributed by atoms with E-state index in [2.05, 4.69) is 12.2 Å². The highest BCUT2D eigenvalue weighted by molar-refractivity contribution is 5.81. The first-order chi connectivity index (χ1) is 9.15. The Hall–Kier alpha value is -0.610. The summed E-state index contributed by atoms with van der Waals surface area (Å²) in [5.41, 5.74) is 5.90. The number of hydrogen-bond acceptors (Lipinski definition) is 3. The minimum atomic E-state index is -0.400. The molecule has 2 atom stereocenters. The van der Waals surface area contributed by atoms with E-state index in [1.807, 2.05) is 0 Å². The van der Waals surface area contributed by atoms with E-state index in [4.69, 9.17) is 10.5 Å². The van der Waals surface area contributed by atoms with Gasteiger partial charge in [-0.2, -0.15) is 0 Å². The second-order valence-corrected chi connectivity index (χ2v) is 5.79. The van der Waals surface area contributed by atoms with Crippen LogP contribution in [0, 0.1) is 5.92 Å². The summed E-state index contributed by atoms with van der Waals surface area (Å²) in [6, 6.07) is -0.151. The summed E-state index contributed by atoms with van der Waals surface area (Å²) < 4.78 is 4.97. The van der Waals surface area contributed by atoms with Crippen molar-refractivity contribution < 1.29 is 9.53 Å². The molecular formula is C15H30N2O2. The highest BCUT2D eigenvalue weighted by atomic mass is 16.5. The highest BCUT2D eigenvalue weighted by Crippen LogP contribution is 2.25. The molecule has 0 aromatic heterocycles. The Labute approximate surface area is 117 Å². The molecule has 0 aromatic carbocycles. The molecule has 0 bridgehead atoms. The number of ether oxygens (including phenoxy) is 1. The average Bonchev–Trinajstić information content (AvgIpc) is 2.67. The van der Waals surface area contributed by atoms with Crippen molar-refractivity contribution in [2.45, 2.75) is 70.4 Å². The third kappa shape index (κ3) is 6.39. The third-order valence-electron chi connectivity index (χ3n) is 4.18. The molecule has 1 rings (SSSR count). The van der Waals surface area contributed by atoms with Crippen LogP contribution in [0.5, 0.6) is 0 Å². The number of nitrogens with two attached hydrogens (primary N) is 1. The van der Waals surface area contributed by atoms with Crippen molar-refractivity contribution in [1.29, 1.82) is 0 Å². The number of carbonyl (C=O) groups excluding carboxylic acids is 1. The van der Waals surface area contributed by atoms with Gasteiger partial charge < -0.3 is 15.8 Å². The SMILES string of the molecule is COCCCC(N)C(=O)N[C@H](C)C1CCCCCC1. The first-order valence-electron chi connectivity index (χ1n) is 7.70. The maximum absolute atomic E-state index is 12.0. The monoisotopic (exact) mass is 270 g/mol. The largest absolute Gasteiger partial charge is 0.385 e. The molecule has 0 saturated heterocycles. The van der Waals surface area contributed by atoms with Crippen molar-refractivity contribution in [3.63, 3.8) is 0 Å². The van der Waals surface area contributed by atoms with Gasteiger partial charge in [-0.3, -0.25) is 4.79 Å². The van der Waals surface area contributed by atoms with Crippen molar-refractivity contribution in [3.05, 3.63) is 0 Å². The molecule has 112 valence electrons. The van der Waals surface area contributed by atoms with Crippen LogP contribution in [-0.4, -0.2) is 31.7 Å². The molecule has 0 heterocycles. The summed E-state index contributed by atoms with van der Waals surface area (Å²) in [5, 5.41) is 3.10. The van der Waals surface area contributed by atoms with Crippen LogP contribution in [0.4, 0.5) is 0 Å². The van der Waals surface area contributed by atoms with E-state index in [-0.39, 0.29) is 11.9 Å². The average molecular weight is 270 g/mol. The Morgan fingerprint density at radius 3 is 2.53 bits per heavy atom. The molecular weight excluding hydrogens is 240 g/mol. The second kappa shape index (κ2) is 9.32. The number of carbonyl (C=O) groups is 1. The standard InChI is InChI=1S/C15H30N2O2/c1-12(13-8-5-3-4-6-9-13)17-15(18)14(16)10-7-11-19-2/h12-14H,3-11,16H2,1-2H3,(H,17,18)/t12-,14?/m1/s1. The van der Waals surface area contributed by atoms with Gasteiger partial charge in [0.25, 0.3) is 0 Å². The molecule has 19 heavy (non-hydrogen) atoms. The Balaban J connectivity index is 2.29. The molecule has 1 amide bonds. The van der Waals surface area contributed by atoms with Crippen LogP contribution in [0.15, 0.2) is 0 Å². The topological polar surface area (TPSA) is 64.3 Å². The number of nitrogens with one attached hydrogen (secondary N) is 1. The van der Waals surface area contributed by atoms with E-state index in [9.17, 15) is 4.79 Å². The maximum atomic E-state index is 12.0. The first-order valence-corrected chi connectivity index (χ1v) is 7.70. The fourth-order valence-corrected chi connectivity index (χ4v) is 2.84. The molecule has 1 aliphatic rings. The second-order valence-electron chi connectivity index (χ2n) is 5.79. The Morgan fingerprint density at radius 2 is 1.95 bits per heavy atom. The van der Waals surface area contributed by atoms with Crippen LogP contribution in [0.25, 0.3) is 0 Å². The van der Waals surface area contributed by atoms with Gasteiger partial charge >= 0.3 is 0 Å². The molecule has 1 saturated carbocycles. The molecule has 1 fully saturated rings. The summed E-state index contributed by atoms with van der Waals surface area (Å²) in [4.78, 5) is 12.0. The van der Waals surface area contributed by atoms with E-state index >= 15 is 0 Å². The Morgan fingerprint density at radius 1 is 1.32 bits per heavy atom. The summed E-state index contributed by atoms with van der Waals surface area (Å²) in [6.45, 7) is 2.79. The molecule has 3 N–H and O–H groups in total. The fourth-order valence-electron chi connectivity index (χ4n) is 2.84. The number of methoxy groups -OCH3 is 1. The van der Waals surface area contributed by atoms with Crippen LogP contribution in [0.2, 0.25) is 0 Å². The zero-order valence-corrected chi connectivity index (χ0v) is 12.5. The van der Waals surface area contributed by atoms with Gasteiger partial charge in [0.15, 0.2) is 0 Å². The van der Waals surface area contributed by atoms with E-state index in [1.165, 1.54) is 38.5 Å². The number of amides is 1. The van der Waals surface area contributed by atoms with Gasteiger partial charge in [0.05, 0.1) is 6.04 Å². The lowest BCUT2D eigenvalue weighted by Crippen LogP contribution is -2.46. The van der Waals surface area contributed by atoms with Crippen molar-refractivity contribution in [2.75, 3.05) is 13.7 Å². The maximum Gasteiger partial charge on any atom is 0.237 e. The van der Waals surface area contributed by atoms with Crippen molar-refractivity contribution in [3.8, 4) is 0 Å². The van der Waals surface area contributed by atoms with Gasteiger partial charge in [0, 0.05) is 19.8 Å². The van der Waals surface area contributed by atoms with Crippen LogP contribution in [0.1, 0.15) is 58.3 Å². The minimum absolute atomic E-state index is 0.00662. The summed E-state index contributed by atoms with van der Waals surface area (Å²) >= 11 is 0. The zero-order chi connectivity index (χ0) is 14.1. The van der Waals surface area contributed by atoms with Gasteiger partial charge in [0.1, 0.15) is 0 Å². The fraction of sp³-hybridized carbons (Fsp3) is 0.933. The van der Waals surface area contributed by atoms with Crippen molar-refractivity contribution in [2.24, 2.45) is 11.7 Å². The lowest BCUT2D eigenvalue weighted by Gasteiger charge is -2.25. The van der Waals surface area contributed by atoms with Gasteiger partial charge in [0.2, 0.25) is 5.91 Å². The van der Waals surface area contributed by atoms with Crippen LogP contribution in [0.3, 0.4) is 0 Å². The normalized spacial score (nSPS) is 20.6. The predicted octanol–water partition coefficient (Wildman–Crippen LogP) is 2.22. The van der Waals surface area contributed by atoms with E-state index in [1.54, 1.807) is 7.11 Å². The summed E-state index contributed by atoms with van der Waals surface area (Å²) in [5.74, 6) is 0.616. The lowest BCUT2D eigenvalue weighted by atomic mass is 9.92. The number of hydrogen-bond donors (Lipinski definition) is 2. The van der Waals surface area contributed by atoms with E-state index < -0.39 is 6.04 Å². The van der Waals surface area contributed by atoms with Gasteiger partial charge in [-0.05, 0) is 38.5 Å². The zero-order valence-electron chi connectivity index (χ0n) is 12.5. The molecule has 1 unspecified atom stereocenters. The molecule has 0 spiro atoms. The highest BCUT2D eigenvalue weighted by Gasteiger charge is 2.22. The Kier molecular flexibility index (Phi) is 8.07. The third-order valence-corrected chi connectivity index (χ3v) is 4.18. The smallest absolute Gasteiger partial charge is 0.237 e. The number of rotatable bonds is 7. The molecule has 1 aliphatic carbocycles. The van der Waals surface area contributed by atoms with Gasteiger partial charge in [-0.15, -0.1) is 0 Å². The molecule has 4 nitrogen and oxygen atoms in total. The minimum Gasteiger partial charge on any atom is -0.385 e.